The van der Waals surface area contributed by atoms with E-state index in [4.69, 9.17) is 23.2 Å². The van der Waals surface area contributed by atoms with Crippen molar-refractivity contribution >= 4 is 45.8 Å². The summed E-state index contributed by atoms with van der Waals surface area (Å²) in [4.78, 5) is 8.99. The molecule has 0 N–H and O–H groups in total. The molecule has 1 saturated carbocycles. The monoisotopic (exact) mass is 390 g/mol. The van der Waals surface area contributed by atoms with Crippen molar-refractivity contribution in [2.75, 3.05) is 0 Å². The molecule has 0 saturated heterocycles. The van der Waals surface area contributed by atoms with E-state index in [0.29, 0.717) is 21.9 Å². The summed E-state index contributed by atoms with van der Waals surface area (Å²) in [5.41, 5.74) is 1.98. The lowest BCUT2D eigenvalue weighted by Gasteiger charge is -2.07. The summed E-state index contributed by atoms with van der Waals surface area (Å²) in [5, 5.41) is 1.21. The fourth-order valence-corrected chi connectivity index (χ4v) is 2.87. The van der Waals surface area contributed by atoms with E-state index in [1.54, 1.807) is 0 Å². The fraction of sp³-hybridized carbons (Fsp3) is 0.231. The molecule has 3 rings (SSSR count). The molecule has 1 aliphatic rings. The number of hydrogen-bond acceptors (Lipinski definition) is 2. The third kappa shape index (κ3) is 2.49. The number of nitrogens with zero attached hydrogens (tertiary/aromatic N) is 2. The summed E-state index contributed by atoms with van der Waals surface area (Å²) in [7, 11) is 0. The molecule has 0 radical (unpaired) electrons. The molecule has 1 heterocycles. The Labute approximate surface area is 129 Å². The normalized spacial score (nSPS) is 14.8. The van der Waals surface area contributed by atoms with Gasteiger partial charge in [0, 0.05) is 16.5 Å². The van der Waals surface area contributed by atoms with Gasteiger partial charge in [-0.15, -0.1) is 0 Å². The van der Waals surface area contributed by atoms with Crippen LogP contribution >= 0.6 is 45.8 Å². The van der Waals surface area contributed by atoms with Crippen LogP contribution in [0.4, 0.5) is 0 Å². The lowest BCUT2D eigenvalue weighted by atomic mass is 10.2. The Morgan fingerprint density at radius 3 is 2.61 bits per heavy atom. The second-order valence-electron chi connectivity index (χ2n) is 4.32. The maximum Gasteiger partial charge on any atom is 0.161 e. The molecule has 0 atom stereocenters. The minimum absolute atomic E-state index is 0.530. The summed E-state index contributed by atoms with van der Waals surface area (Å²) in [6.45, 7) is 0. The summed E-state index contributed by atoms with van der Waals surface area (Å²) in [6.07, 6.45) is 2.39. The SMILES string of the molecule is Clc1cccc(-c2nc(Cl)c(I)c(C3CC3)n2)c1. The van der Waals surface area contributed by atoms with Gasteiger partial charge in [-0.05, 0) is 47.6 Å². The van der Waals surface area contributed by atoms with E-state index < -0.39 is 0 Å². The molecule has 0 amide bonds. The van der Waals surface area contributed by atoms with Gasteiger partial charge in [0.15, 0.2) is 5.82 Å². The molecule has 2 nitrogen and oxygen atoms in total. The minimum Gasteiger partial charge on any atom is -0.232 e. The third-order valence-electron chi connectivity index (χ3n) is 2.88. The molecule has 18 heavy (non-hydrogen) atoms. The molecular weight excluding hydrogens is 382 g/mol. The molecule has 1 aromatic heterocycles. The van der Waals surface area contributed by atoms with Gasteiger partial charge in [-0.3, -0.25) is 0 Å². The smallest absolute Gasteiger partial charge is 0.161 e. The maximum atomic E-state index is 6.19. The van der Waals surface area contributed by atoms with E-state index in [9.17, 15) is 0 Å². The Hall–Kier alpha value is -0.390. The van der Waals surface area contributed by atoms with Crippen LogP contribution in [0.5, 0.6) is 0 Å². The van der Waals surface area contributed by atoms with Crippen LogP contribution in [0.3, 0.4) is 0 Å². The van der Waals surface area contributed by atoms with Gasteiger partial charge >= 0.3 is 0 Å². The predicted molar refractivity (Wildman–Crippen MR) is 82.2 cm³/mol. The highest BCUT2D eigenvalue weighted by atomic mass is 127. The van der Waals surface area contributed by atoms with Gasteiger partial charge in [-0.25, -0.2) is 9.97 Å². The van der Waals surface area contributed by atoms with Gasteiger partial charge in [0.25, 0.3) is 0 Å². The van der Waals surface area contributed by atoms with Gasteiger partial charge in [0.05, 0.1) is 9.26 Å². The standard InChI is InChI=1S/C13H9Cl2IN2/c14-9-3-1-2-8(6-9)13-17-11(7-4-5-7)10(16)12(15)18-13/h1-3,6-7H,4-5H2. The van der Waals surface area contributed by atoms with Crippen LogP contribution < -0.4 is 0 Å². The molecule has 1 aliphatic carbocycles. The Bertz CT molecular complexity index is 612. The van der Waals surface area contributed by atoms with Crippen molar-refractivity contribution in [1.29, 1.82) is 0 Å². The van der Waals surface area contributed by atoms with Gasteiger partial charge in [0.1, 0.15) is 5.15 Å². The number of aromatic nitrogens is 2. The first kappa shape index (κ1) is 12.6. The highest BCUT2D eigenvalue weighted by Gasteiger charge is 2.29. The molecule has 0 bridgehead atoms. The van der Waals surface area contributed by atoms with Crippen LogP contribution in [0.15, 0.2) is 24.3 Å². The number of benzene rings is 1. The van der Waals surface area contributed by atoms with E-state index in [1.807, 2.05) is 24.3 Å². The molecule has 0 unspecified atom stereocenters. The lowest BCUT2D eigenvalue weighted by molar-refractivity contribution is 0.978. The maximum absolute atomic E-state index is 6.19. The largest absolute Gasteiger partial charge is 0.232 e. The zero-order valence-corrected chi connectivity index (χ0v) is 13.0. The molecule has 5 heteroatoms. The molecule has 2 aromatic rings. The predicted octanol–water partition coefficient (Wildman–Crippen LogP) is 4.93. The molecule has 1 fully saturated rings. The van der Waals surface area contributed by atoms with Gasteiger partial charge in [-0.1, -0.05) is 35.3 Å². The van der Waals surface area contributed by atoms with E-state index in [2.05, 4.69) is 32.6 Å². The zero-order chi connectivity index (χ0) is 12.7. The summed E-state index contributed by atoms with van der Waals surface area (Å²) < 4.78 is 0.975. The summed E-state index contributed by atoms with van der Waals surface area (Å²) in [5.74, 6) is 1.21. The van der Waals surface area contributed by atoms with Crippen molar-refractivity contribution in [3.05, 3.63) is 43.7 Å². The lowest BCUT2D eigenvalue weighted by Crippen LogP contribution is -1.99. The number of rotatable bonds is 2. The highest BCUT2D eigenvalue weighted by Crippen LogP contribution is 2.42. The van der Waals surface area contributed by atoms with Crippen LogP contribution in [0.1, 0.15) is 24.5 Å². The Kier molecular flexibility index (Phi) is 3.47. The highest BCUT2D eigenvalue weighted by molar-refractivity contribution is 14.1. The van der Waals surface area contributed by atoms with Gasteiger partial charge in [0.2, 0.25) is 0 Å². The van der Waals surface area contributed by atoms with E-state index in [-0.39, 0.29) is 0 Å². The second kappa shape index (κ2) is 4.94. The van der Waals surface area contributed by atoms with E-state index in [0.717, 1.165) is 14.8 Å². The quantitative estimate of drug-likeness (QED) is 0.536. The van der Waals surface area contributed by atoms with Crippen LogP contribution in [-0.2, 0) is 0 Å². The van der Waals surface area contributed by atoms with Crippen molar-refractivity contribution in [3.63, 3.8) is 0 Å². The first-order valence-corrected chi connectivity index (χ1v) is 7.47. The van der Waals surface area contributed by atoms with Crippen molar-refractivity contribution in [3.8, 4) is 11.4 Å². The number of halogens is 3. The van der Waals surface area contributed by atoms with Crippen molar-refractivity contribution in [1.82, 2.24) is 9.97 Å². The topological polar surface area (TPSA) is 25.8 Å². The van der Waals surface area contributed by atoms with Crippen LogP contribution in [0.25, 0.3) is 11.4 Å². The average Bonchev–Trinajstić information content (AvgIpc) is 3.16. The second-order valence-corrected chi connectivity index (χ2v) is 6.20. The first-order valence-electron chi connectivity index (χ1n) is 5.64. The summed E-state index contributed by atoms with van der Waals surface area (Å²) in [6, 6.07) is 7.53. The van der Waals surface area contributed by atoms with E-state index in [1.165, 1.54) is 12.8 Å². The van der Waals surface area contributed by atoms with Crippen LogP contribution in [0, 0.1) is 3.57 Å². The molecule has 1 aromatic carbocycles. The molecule has 92 valence electrons. The Morgan fingerprint density at radius 2 is 1.94 bits per heavy atom. The third-order valence-corrected chi connectivity index (χ3v) is 4.77. The molecular formula is C13H9Cl2IN2. The molecule has 0 spiro atoms. The Morgan fingerprint density at radius 1 is 1.17 bits per heavy atom. The van der Waals surface area contributed by atoms with Crippen LogP contribution in [0.2, 0.25) is 10.2 Å². The summed E-state index contributed by atoms with van der Waals surface area (Å²) >= 11 is 14.4. The van der Waals surface area contributed by atoms with Gasteiger partial charge in [-0.2, -0.15) is 0 Å². The van der Waals surface area contributed by atoms with E-state index >= 15 is 0 Å². The fourth-order valence-electron chi connectivity index (χ4n) is 1.82. The first-order chi connectivity index (χ1) is 8.65. The Balaban J connectivity index is 2.12. The van der Waals surface area contributed by atoms with Crippen molar-refractivity contribution in [2.24, 2.45) is 0 Å². The van der Waals surface area contributed by atoms with Crippen molar-refractivity contribution in [2.45, 2.75) is 18.8 Å². The number of hydrogen-bond donors (Lipinski definition) is 0. The van der Waals surface area contributed by atoms with Crippen LogP contribution in [-0.4, -0.2) is 9.97 Å². The molecule has 0 aliphatic heterocycles. The van der Waals surface area contributed by atoms with Crippen molar-refractivity contribution < 1.29 is 0 Å². The zero-order valence-electron chi connectivity index (χ0n) is 9.33. The van der Waals surface area contributed by atoms with Gasteiger partial charge < -0.3 is 0 Å². The minimum atomic E-state index is 0.530. The average molecular weight is 391 g/mol.